The third kappa shape index (κ3) is 5.42. The van der Waals surface area contributed by atoms with Crippen molar-refractivity contribution >= 4 is 28.9 Å². The van der Waals surface area contributed by atoms with Gasteiger partial charge in [-0.25, -0.2) is 4.79 Å². The van der Waals surface area contributed by atoms with E-state index in [0.717, 1.165) is 68.8 Å². The fourth-order valence-electron chi connectivity index (χ4n) is 7.30. The second kappa shape index (κ2) is 10.8. The number of aromatic nitrogens is 2. The number of hydrogen-bond acceptors (Lipinski definition) is 6. The summed E-state index contributed by atoms with van der Waals surface area (Å²) in [6.07, 6.45) is 9.09. The topological polar surface area (TPSA) is 112 Å². The fraction of sp³-hybridized carbons (Fsp3) is 0.586. The van der Waals surface area contributed by atoms with Crippen LogP contribution in [0.4, 0.5) is 4.79 Å². The van der Waals surface area contributed by atoms with E-state index in [9.17, 15) is 14.4 Å². The van der Waals surface area contributed by atoms with E-state index in [4.69, 9.17) is 14.6 Å². The summed E-state index contributed by atoms with van der Waals surface area (Å²) in [7, 11) is 0. The van der Waals surface area contributed by atoms with Crippen LogP contribution in [0.15, 0.2) is 36.9 Å². The number of rotatable bonds is 11. The first-order valence-electron chi connectivity index (χ1n) is 13.9. The van der Waals surface area contributed by atoms with Crippen molar-refractivity contribution in [3.05, 3.63) is 42.6 Å². The molecule has 2 aromatic rings. The van der Waals surface area contributed by atoms with Gasteiger partial charge in [-0.2, -0.15) is 5.10 Å². The van der Waals surface area contributed by atoms with Gasteiger partial charge in [0.1, 0.15) is 18.8 Å². The molecule has 2 unspecified atom stereocenters. The van der Waals surface area contributed by atoms with Crippen LogP contribution in [0.2, 0.25) is 0 Å². The Bertz CT molecular complexity index is 1210. The zero-order valence-electron chi connectivity index (χ0n) is 22.2. The maximum atomic E-state index is 13.7. The number of amides is 2. The van der Waals surface area contributed by atoms with Crippen LogP contribution in [-0.2, 0) is 20.8 Å². The van der Waals surface area contributed by atoms with Crippen LogP contribution in [0.5, 0.6) is 0 Å². The number of nitrogens with zero attached hydrogens (tertiary/aromatic N) is 2. The van der Waals surface area contributed by atoms with Crippen molar-refractivity contribution in [2.24, 2.45) is 11.8 Å². The monoisotopic (exact) mass is 522 g/mol. The molecule has 9 nitrogen and oxygen atoms in total. The van der Waals surface area contributed by atoms with Crippen molar-refractivity contribution in [3.8, 4) is 0 Å². The third-order valence-electron chi connectivity index (χ3n) is 8.28. The summed E-state index contributed by atoms with van der Waals surface area (Å²) in [6.45, 7) is 6.29. The van der Waals surface area contributed by atoms with E-state index in [-0.39, 0.29) is 19.1 Å². The normalized spacial score (nSPS) is 27.2. The van der Waals surface area contributed by atoms with Gasteiger partial charge in [-0.3, -0.25) is 14.3 Å². The van der Waals surface area contributed by atoms with Crippen LogP contribution in [0.25, 0.3) is 10.9 Å². The Labute approximate surface area is 223 Å². The summed E-state index contributed by atoms with van der Waals surface area (Å²) in [5, 5.41) is 11.5. The third-order valence-corrected chi connectivity index (χ3v) is 8.28. The molecule has 38 heavy (non-hydrogen) atoms. The number of alkyl carbamates (subject to hydrolysis) is 1. The molecule has 4 saturated carbocycles. The molecule has 2 amide bonds. The van der Waals surface area contributed by atoms with E-state index in [0.29, 0.717) is 24.0 Å². The molecule has 4 bridgehead atoms. The Morgan fingerprint density at radius 3 is 2.66 bits per heavy atom. The molecule has 9 heteroatoms. The van der Waals surface area contributed by atoms with Gasteiger partial charge in [-0.15, -0.1) is 0 Å². The molecular formula is C29H38N4O5. The first-order chi connectivity index (χ1) is 18.3. The lowest BCUT2D eigenvalue weighted by Crippen LogP contribution is -2.66. The lowest BCUT2D eigenvalue weighted by molar-refractivity contribution is -0.146. The molecule has 0 saturated heterocycles. The number of para-hydroxylation sites is 1. The highest BCUT2D eigenvalue weighted by Crippen LogP contribution is 2.59. The SMILES string of the molecule is C=CCOC(=O)CNC(=O)OC12CC3CC(CC(NC(=O)c4nn(CCCCC)c5ccccc45)(C3)C1)C2. The second-order valence-electron chi connectivity index (χ2n) is 11.4. The van der Waals surface area contributed by atoms with Crippen molar-refractivity contribution in [2.45, 2.75) is 82.4 Å². The number of fused-ring (bicyclic) bond motifs is 1. The van der Waals surface area contributed by atoms with Crippen molar-refractivity contribution in [1.29, 1.82) is 0 Å². The summed E-state index contributed by atoms with van der Waals surface area (Å²) >= 11 is 0. The second-order valence-corrected chi connectivity index (χ2v) is 11.4. The lowest BCUT2D eigenvalue weighted by atomic mass is 9.51. The smallest absolute Gasteiger partial charge is 0.408 e. The lowest BCUT2D eigenvalue weighted by Gasteiger charge is -2.61. The number of unbranched alkanes of at least 4 members (excludes halogenated alkanes) is 2. The van der Waals surface area contributed by atoms with Crippen molar-refractivity contribution in [1.82, 2.24) is 20.4 Å². The van der Waals surface area contributed by atoms with Crippen LogP contribution in [0.1, 0.15) is 75.2 Å². The predicted molar refractivity (Wildman–Crippen MR) is 143 cm³/mol. The highest BCUT2D eigenvalue weighted by atomic mass is 16.6. The van der Waals surface area contributed by atoms with Gasteiger partial charge in [0, 0.05) is 23.9 Å². The molecule has 204 valence electrons. The number of ether oxygens (including phenoxy) is 2. The molecule has 1 aromatic carbocycles. The van der Waals surface area contributed by atoms with Crippen LogP contribution in [0, 0.1) is 11.8 Å². The van der Waals surface area contributed by atoms with Gasteiger partial charge in [0.25, 0.3) is 5.91 Å². The molecule has 4 aliphatic rings. The van der Waals surface area contributed by atoms with E-state index in [1.54, 1.807) is 0 Å². The minimum absolute atomic E-state index is 0.0946. The predicted octanol–water partition coefficient (Wildman–Crippen LogP) is 4.50. The van der Waals surface area contributed by atoms with Crippen LogP contribution in [0.3, 0.4) is 0 Å². The van der Waals surface area contributed by atoms with Crippen LogP contribution >= 0.6 is 0 Å². The van der Waals surface area contributed by atoms with Crippen molar-refractivity contribution < 1.29 is 23.9 Å². The maximum Gasteiger partial charge on any atom is 0.408 e. The molecule has 0 radical (unpaired) electrons. The molecule has 0 spiro atoms. The highest BCUT2D eigenvalue weighted by molar-refractivity contribution is 6.05. The molecule has 2 N–H and O–H groups in total. The van der Waals surface area contributed by atoms with E-state index in [1.165, 1.54) is 6.08 Å². The Morgan fingerprint density at radius 1 is 1.16 bits per heavy atom. The maximum absolute atomic E-state index is 13.7. The quantitative estimate of drug-likeness (QED) is 0.255. The van der Waals surface area contributed by atoms with Crippen molar-refractivity contribution in [3.63, 3.8) is 0 Å². The standard InChI is InChI=1S/C29H38N4O5/c1-3-5-8-11-33-23-10-7-6-9-22(23)25(32-33)26(35)31-28-14-20-13-21(15-28)17-29(16-20,19-28)38-27(36)30-18-24(34)37-12-4-2/h4,6-7,9-10,20-21H,2-3,5,8,11-19H2,1H3,(H,30,36)(H,31,35). The average molecular weight is 523 g/mol. The highest BCUT2D eigenvalue weighted by Gasteiger charge is 2.60. The minimum atomic E-state index is -0.645. The van der Waals surface area contributed by atoms with Gasteiger partial charge in [0.2, 0.25) is 0 Å². The Balaban J connectivity index is 1.29. The van der Waals surface area contributed by atoms with Gasteiger partial charge in [0.15, 0.2) is 5.69 Å². The molecule has 1 aromatic heterocycles. The minimum Gasteiger partial charge on any atom is -0.460 e. The molecule has 4 fully saturated rings. The number of carbonyl (C=O) groups excluding carboxylic acids is 3. The first-order valence-corrected chi connectivity index (χ1v) is 13.9. The summed E-state index contributed by atoms with van der Waals surface area (Å²) in [4.78, 5) is 38.1. The number of hydrogen-bond donors (Lipinski definition) is 2. The summed E-state index contributed by atoms with van der Waals surface area (Å²) < 4.78 is 12.9. The Hall–Kier alpha value is -3.36. The molecule has 1 heterocycles. The number of esters is 1. The van der Waals surface area contributed by atoms with E-state index >= 15 is 0 Å². The molecule has 0 aliphatic heterocycles. The van der Waals surface area contributed by atoms with Crippen molar-refractivity contribution in [2.75, 3.05) is 13.2 Å². The van der Waals surface area contributed by atoms with Gasteiger partial charge < -0.3 is 20.1 Å². The van der Waals surface area contributed by atoms with Crippen LogP contribution < -0.4 is 10.6 Å². The summed E-state index contributed by atoms with van der Waals surface area (Å²) in [5.41, 5.74) is 0.354. The van der Waals surface area contributed by atoms with E-state index in [2.05, 4.69) is 24.1 Å². The molecule has 2 atom stereocenters. The fourth-order valence-corrected chi connectivity index (χ4v) is 7.30. The van der Waals surface area contributed by atoms with Gasteiger partial charge in [-0.1, -0.05) is 50.6 Å². The summed E-state index contributed by atoms with van der Waals surface area (Å²) in [6, 6.07) is 7.90. The largest absolute Gasteiger partial charge is 0.460 e. The Morgan fingerprint density at radius 2 is 1.92 bits per heavy atom. The number of nitrogens with one attached hydrogen (secondary N) is 2. The van der Waals surface area contributed by atoms with Gasteiger partial charge >= 0.3 is 12.1 Å². The molecule has 4 aliphatic carbocycles. The van der Waals surface area contributed by atoms with Crippen LogP contribution in [-0.4, -0.2) is 52.0 Å². The summed E-state index contributed by atoms with van der Waals surface area (Å²) in [5.74, 6) is 0.0508. The Kier molecular flexibility index (Phi) is 7.45. The zero-order chi connectivity index (χ0) is 26.8. The zero-order valence-corrected chi connectivity index (χ0v) is 22.2. The number of benzene rings is 1. The average Bonchev–Trinajstić information content (AvgIpc) is 3.24. The number of aryl methyl sites for hydroxylation is 1. The van der Waals surface area contributed by atoms with E-state index < -0.39 is 23.2 Å². The first kappa shape index (κ1) is 26.3. The molecular weight excluding hydrogens is 484 g/mol. The number of carbonyl (C=O) groups is 3. The van der Waals surface area contributed by atoms with Gasteiger partial charge in [-0.05, 0) is 56.4 Å². The van der Waals surface area contributed by atoms with Gasteiger partial charge in [0.05, 0.1) is 5.52 Å². The molecule has 6 rings (SSSR count). The van der Waals surface area contributed by atoms with E-state index in [1.807, 2.05) is 28.9 Å².